The maximum absolute atomic E-state index is 12.2. The van der Waals surface area contributed by atoms with Crippen LogP contribution in [-0.4, -0.2) is 80.1 Å². The van der Waals surface area contributed by atoms with Gasteiger partial charge in [-0.15, -0.1) is 6.58 Å². The summed E-state index contributed by atoms with van der Waals surface area (Å²) in [5.41, 5.74) is 2.72. The first-order valence-corrected chi connectivity index (χ1v) is 12.3. The van der Waals surface area contributed by atoms with Gasteiger partial charge in [-0.3, -0.25) is 0 Å². The van der Waals surface area contributed by atoms with Crippen LogP contribution in [0.4, 0.5) is 0 Å². The number of aryl methyl sites for hydroxylation is 1. The van der Waals surface area contributed by atoms with Crippen molar-refractivity contribution in [1.82, 2.24) is 4.98 Å². The average molecular weight is 528 g/mol. The summed E-state index contributed by atoms with van der Waals surface area (Å²) in [6.07, 6.45) is -3.70. The van der Waals surface area contributed by atoms with Crippen molar-refractivity contribution in [2.45, 2.75) is 43.4 Å². The fourth-order valence-electron chi connectivity index (χ4n) is 5.35. The Hall–Kier alpha value is -3.32. The SMILES string of the molecule is C=C[C@H]1[C@H](O[C@@H]2O[C@H](CO)[C@@H](O)[C@H](O)[C@H]2O)OC=C(C(=O)O)[C@H]1Cc1c2[nH]c3ccccc3c2cc[n+]1C. The molecule has 0 aliphatic carbocycles. The molecule has 1 fully saturated rings. The number of fused-ring (bicyclic) bond motifs is 3. The van der Waals surface area contributed by atoms with Gasteiger partial charge in [0.1, 0.15) is 37.0 Å². The van der Waals surface area contributed by atoms with Gasteiger partial charge < -0.3 is 44.7 Å². The Morgan fingerprint density at radius 1 is 1.13 bits per heavy atom. The van der Waals surface area contributed by atoms with Crippen LogP contribution in [0.15, 0.2) is 61.0 Å². The molecule has 4 heterocycles. The smallest absolute Gasteiger partial charge is 0.335 e. The van der Waals surface area contributed by atoms with E-state index in [2.05, 4.69) is 11.6 Å². The van der Waals surface area contributed by atoms with E-state index in [0.717, 1.165) is 33.8 Å². The van der Waals surface area contributed by atoms with Crippen LogP contribution in [-0.2, 0) is 32.5 Å². The highest BCUT2D eigenvalue weighted by atomic mass is 16.8. The number of hydrogen-bond donors (Lipinski definition) is 6. The second kappa shape index (κ2) is 10.4. The molecule has 1 saturated heterocycles. The van der Waals surface area contributed by atoms with Crippen molar-refractivity contribution in [3.63, 3.8) is 0 Å². The molecule has 3 aromatic rings. The molecule has 202 valence electrons. The molecule has 11 heteroatoms. The normalized spacial score (nSPS) is 31.7. The van der Waals surface area contributed by atoms with E-state index in [9.17, 15) is 30.3 Å². The zero-order valence-corrected chi connectivity index (χ0v) is 20.7. The number of pyridine rings is 1. The monoisotopic (exact) mass is 527 g/mol. The quantitative estimate of drug-likeness (QED) is 0.187. The molecule has 8 atom stereocenters. The topological polar surface area (TPSA) is 166 Å². The summed E-state index contributed by atoms with van der Waals surface area (Å²) in [5.74, 6) is -2.49. The van der Waals surface area contributed by atoms with Crippen LogP contribution in [0.5, 0.6) is 0 Å². The number of para-hydroxylation sites is 1. The van der Waals surface area contributed by atoms with Crippen LogP contribution in [0.2, 0.25) is 0 Å². The van der Waals surface area contributed by atoms with Gasteiger partial charge in [0.15, 0.2) is 12.5 Å². The molecule has 5 rings (SSSR count). The van der Waals surface area contributed by atoms with Gasteiger partial charge in [-0.2, -0.15) is 0 Å². The molecule has 38 heavy (non-hydrogen) atoms. The summed E-state index contributed by atoms with van der Waals surface area (Å²) >= 11 is 0. The Labute approximate surface area is 217 Å². The number of ether oxygens (including phenoxy) is 3. The minimum atomic E-state index is -1.64. The molecule has 0 radical (unpaired) electrons. The van der Waals surface area contributed by atoms with Gasteiger partial charge in [0.25, 0.3) is 0 Å². The van der Waals surface area contributed by atoms with E-state index < -0.39 is 61.4 Å². The number of rotatable bonds is 7. The Balaban J connectivity index is 1.49. The van der Waals surface area contributed by atoms with Crippen molar-refractivity contribution in [3.05, 3.63) is 66.7 Å². The predicted molar refractivity (Wildman–Crippen MR) is 133 cm³/mol. The number of nitrogens with one attached hydrogen (secondary N) is 1. The maximum atomic E-state index is 12.2. The van der Waals surface area contributed by atoms with Gasteiger partial charge in [0.2, 0.25) is 12.0 Å². The van der Waals surface area contributed by atoms with E-state index in [-0.39, 0.29) is 12.0 Å². The van der Waals surface area contributed by atoms with E-state index in [1.165, 1.54) is 6.08 Å². The highest BCUT2D eigenvalue weighted by molar-refractivity contribution is 6.07. The van der Waals surface area contributed by atoms with Gasteiger partial charge in [-0.1, -0.05) is 24.3 Å². The predicted octanol–water partition coefficient (Wildman–Crippen LogP) is 0.248. The molecule has 6 N–H and O–H groups in total. The van der Waals surface area contributed by atoms with Crippen molar-refractivity contribution < 1.29 is 49.1 Å². The lowest BCUT2D eigenvalue weighted by atomic mass is 9.80. The highest BCUT2D eigenvalue weighted by Crippen LogP contribution is 2.38. The molecule has 0 bridgehead atoms. The standard InChI is InChI=1S/C27H30N2O9/c1-3-13-16(10-19-21-15(8-9-29(19)2)14-6-4-5-7-18(14)28-21)17(25(34)35)12-36-26(13)38-27-24(33)23(32)22(31)20(11-30)37-27/h3-9,12-13,16,20,22-24,26-27,30-33H,1,10-11H2,2H3,(H,34,35)/p+1/t13-,16+,20-,22-,23+,24-,26+,27+/m1/s1. The van der Waals surface area contributed by atoms with Crippen molar-refractivity contribution in [2.75, 3.05) is 6.61 Å². The molecular formula is C27H31N2O9+. The van der Waals surface area contributed by atoms with Crippen LogP contribution < -0.4 is 4.57 Å². The van der Waals surface area contributed by atoms with Crippen LogP contribution in [0, 0.1) is 11.8 Å². The van der Waals surface area contributed by atoms with Crippen LogP contribution in [0.25, 0.3) is 21.8 Å². The van der Waals surface area contributed by atoms with Gasteiger partial charge in [-0.25, -0.2) is 9.36 Å². The number of aromatic amines is 1. The van der Waals surface area contributed by atoms with Crippen molar-refractivity contribution in [3.8, 4) is 0 Å². The summed E-state index contributed by atoms with van der Waals surface area (Å²) < 4.78 is 18.9. The Kier molecular flexibility index (Phi) is 7.23. The lowest BCUT2D eigenvalue weighted by Crippen LogP contribution is -2.60. The number of aromatic nitrogens is 2. The van der Waals surface area contributed by atoms with Crippen LogP contribution in [0.3, 0.4) is 0 Å². The number of hydrogen-bond acceptors (Lipinski definition) is 8. The number of nitrogens with zero attached hydrogens (tertiary/aromatic N) is 1. The Morgan fingerprint density at radius 3 is 2.61 bits per heavy atom. The lowest BCUT2D eigenvalue weighted by molar-refractivity contribution is -0.678. The van der Waals surface area contributed by atoms with Crippen molar-refractivity contribution in [2.24, 2.45) is 18.9 Å². The minimum absolute atomic E-state index is 0.0247. The molecule has 0 spiro atoms. The van der Waals surface area contributed by atoms with Crippen molar-refractivity contribution in [1.29, 1.82) is 0 Å². The fraction of sp³-hybridized carbons (Fsp3) is 0.407. The van der Waals surface area contributed by atoms with Gasteiger partial charge in [0, 0.05) is 40.6 Å². The molecule has 2 aliphatic heterocycles. The number of carboxylic acids is 1. The largest absolute Gasteiger partial charge is 0.478 e. The number of aliphatic carboxylic acids is 1. The molecule has 1 aromatic carbocycles. The minimum Gasteiger partial charge on any atom is -0.478 e. The van der Waals surface area contributed by atoms with E-state index in [1.54, 1.807) is 0 Å². The first kappa shape index (κ1) is 26.3. The molecular weight excluding hydrogens is 496 g/mol. The molecule has 2 aliphatic rings. The molecule has 0 amide bonds. The second-order valence-electron chi connectivity index (χ2n) is 9.67. The number of carbonyl (C=O) groups is 1. The lowest BCUT2D eigenvalue weighted by Gasteiger charge is -2.42. The first-order valence-electron chi connectivity index (χ1n) is 12.3. The summed E-state index contributed by atoms with van der Waals surface area (Å²) in [7, 11) is 1.88. The second-order valence-corrected chi connectivity index (χ2v) is 9.67. The first-order chi connectivity index (χ1) is 18.2. The van der Waals surface area contributed by atoms with Gasteiger partial charge in [-0.05, 0) is 6.07 Å². The summed E-state index contributed by atoms with van der Waals surface area (Å²) in [6.45, 7) is 3.27. The third-order valence-corrected chi connectivity index (χ3v) is 7.48. The number of benzene rings is 1. The van der Waals surface area contributed by atoms with Crippen molar-refractivity contribution >= 4 is 27.8 Å². The number of aliphatic hydroxyl groups is 4. The van der Waals surface area contributed by atoms with Gasteiger partial charge >= 0.3 is 5.97 Å². The van der Waals surface area contributed by atoms with E-state index >= 15 is 0 Å². The Bertz CT molecular complexity index is 1380. The van der Waals surface area contributed by atoms with E-state index in [1.807, 2.05) is 48.1 Å². The van der Waals surface area contributed by atoms with E-state index in [4.69, 9.17) is 14.2 Å². The van der Waals surface area contributed by atoms with E-state index in [0.29, 0.717) is 0 Å². The summed E-state index contributed by atoms with van der Waals surface area (Å²) in [4.78, 5) is 15.7. The average Bonchev–Trinajstić information content (AvgIpc) is 3.29. The zero-order valence-electron chi connectivity index (χ0n) is 20.7. The summed E-state index contributed by atoms with van der Waals surface area (Å²) in [5, 5.41) is 52.2. The Morgan fingerprint density at radius 2 is 1.89 bits per heavy atom. The molecule has 2 aromatic heterocycles. The maximum Gasteiger partial charge on any atom is 0.335 e. The molecule has 0 unspecified atom stereocenters. The highest BCUT2D eigenvalue weighted by Gasteiger charge is 2.48. The fourth-order valence-corrected chi connectivity index (χ4v) is 5.35. The number of H-pyrrole nitrogens is 1. The number of carboxylic acid groups (broad SMARTS) is 1. The molecule has 11 nitrogen and oxygen atoms in total. The number of aliphatic hydroxyl groups excluding tert-OH is 4. The third kappa shape index (κ3) is 4.47. The zero-order chi connectivity index (χ0) is 27.1. The summed E-state index contributed by atoms with van der Waals surface area (Å²) in [6, 6.07) is 9.90. The van der Waals surface area contributed by atoms with Crippen LogP contribution >= 0.6 is 0 Å². The molecule has 0 saturated carbocycles. The third-order valence-electron chi connectivity index (χ3n) is 7.48. The van der Waals surface area contributed by atoms with Gasteiger partial charge in [0.05, 0.1) is 18.4 Å². The van der Waals surface area contributed by atoms with Crippen LogP contribution in [0.1, 0.15) is 5.69 Å².